The van der Waals surface area contributed by atoms with Crippen LogP contribution in [-0.4, -0.2) is 15.5 Å². The van der Waals surface area contributed by atoms with E-state index in [-0.39, 0.29) is 24.5 Å². The number of rotatable bonds is 5. The van der Waals surface area contributed by atoms with Gasteiger partial charge in [-0.1, -0.05) is 36.4 Å². The summed E-state index contributed by atoms with van der Waals surface area (Å²) in [5, 5.41) is 9.42. The lowest BCUT2D eigenvalue weighted by Gasteiger charge is -2.10. The van der Waals surface area contributed by atoms with E-state index in [4.69, 9.17) is 10.00 Å². The Hall–Kier alpha value is -3.72. The number of carbonyl (C=O) groups excluding carboxylic acids is 1. The Kier molecular flexibility index (Phi) is 5.43. The molecule has 27 heavy (non-hydrogen) atoms. The summed E-state index contributed by atoms with van der Waals surface area (Å²) in [7, 11) is 0. The molecule has 6 heteroatoms. The van der Waals surface area contributed by atoms with Crippen molar-refractivity contribution >= 4 is 22.9 Å². The first-order valence-electron chi connectivity index (χ1n) is 8.36. The molecule has 0 amide bonds. The van der Waals surface area contributed by atoms with Gasteiger partial charge in [0, 0.05) is 6.08 Å². The quantitative estimate of drug-likeness (QED) is 0.516. The number of para-hydroxylation sites is 1. The van der Waals surface area contributed by atoms with Crippen LogP contribution in [0.4, 0.5) is 0 Å². The van der Waals surface area contributed by atoms with Crippen LogP contribution in [0.5, 0.6) is 0 Å². The topological polar surface area (TPSA) is 85.0 Å². The molecule has 0 saturated carbocycles. The molecule has 0 spiro atoms. The van der Waals surface area contributed by atoms with Crippen LogP contribution in [0.3, 0.4) is 0 Å². The van der Waals surface area contributed by atoms with E-state index < -0.39 is 5.97 Å². The van der Waals surface area contributed by atoms with Gasteiger partial charge in [-0.2, -0.15) is 5.26 Å². The number of esters is 1. The summed E-state index contributed by atoms with van der Waals surface area (Å²) in [5.74, 6) is -0.318. The molecular weight excluding hydrogens is 342 g/mol. The van der Waals surface area contributed by atoms with E-state index in [0.717, 1.165) is 11.1 Å². The predicted octanol–water partition coefficient (Wildman–Crippen LogP) is 2.99. The number of aromatic nitrogens is 2. The van der Waals surface area contributed by atoms with E-state index in [1.54, 1.807) is 30.3 Å². The van der Waals surface area contributed by atoms with Gasteiger partial charge in [0.15, 0.2) is 5.82 Å². The molecule has 3 rings (SSSR count). The number of benzene rings is 2. The van der Waals surface area contributed by atoms with E-state index >= 15 is 0 Å². The summed E-state index contributed by atoms with van der Waals surface area (Å²) in [6.45, 7) is 1.59. The molecule has 1 heterocycles. The van der Waals surface area contributed by atoms with Crippen molar-refractivity contribution in [3.8, 4) is 6.07 Å². The van der Waals surface area contributed by atoms with Crippen molar-refractivity contribution in [2.24, 2.45) is 0 Å². The molecule has 3 aromatic rings. The minimum absolute atomic E-state index is 0.164. The smallest absolute Gasteiger partial charge is 0.331 e. The van der Waals surface area contributed by atoms with Crippen molar-refractivity contribution < 1.29 is 9.53 Å². The highest BCUT2D eigenvalue weighted by molar-refractivity contribution is 5.87. The van der Waals surface area contributed by atoms with Gasteiger partial charge in [0.1, 0.15) is 13.2 Å². The summed E-state index contributed by atoms with van der Waals surface area (Å²) in [5.41, 5.74) is 2.13. The summed E-state index contributed by atoms with van der Waals surface area (Å²) >= 11 is 0. The molecule has 0 atom stereocenters. The third-order valence-corrected chi connectivity index (χ3v) is 4.10. The standard InChI is InChI=1S/C21H17N3O3/c1-15-6-2-3-7-16(15)10-11-20(25)27-14-19-23-18-9-5-4-8-17(18)21(26)24(19)13-12-22/h2-11H,13-14H2,1H3/b11-10+. The van der Waals surface area contributed by atoms with Crippen LogP contribution in [0.15, 0.2) is 59.4 Å². The monoisotopic (exact) mass is 359 g/mol. The van der Waals surface area contributed by atoms with Gasteiger partial charge in [0.05, 0.1) is 17.0 Å². The van der Waals surface area contributed by atoms with Crippen LogP contribution >= 0.6 is 0 Å². The first-order chi connectivity index (χ1) is 13.1. The molecule has 0 saturated heterocycles. The summed E-state index contributed by atoms with van der Waals surface area (Å²) in [4.78, 5) is 28.9. The zero-order valence-electron chi connectivity index (χ0n) is 14.8. The number of hydrogen-bond acceptors (Lipinski definition) is 5. The van der Waals surface area contributed by atoms with Crippen molar-refractivity contribution in [1.29, 1.82) is 5.26 Å². The van der Waals surface area contributed by atoms with Gasteiger partial charge in [-0.3, -0.25) is 9.36 Å². The van der Waals surface area contributed by atoms with E-state index in [2.05, 4.69) is 4.98 Å². The number of fused-ring (bicyclic) bond motifs is 1. The van der Waals surface area contributed by atoms with E-state index in [1.165, 1.54) is 10.6 Å². The van der Waals surface area contributed by atoms with Gasteiger partial charge < -0.3 is 4.74 Å². The molecule has 6 nitrogen and oxygen atoms in total. The summed E-state index contributed by atoms with van der Waals surface area (Å²) < 4.78 is 6.45. The average molecular weight is 359 g/mol. The lowest BCUT2D eigenvalue weighted by molar-refractivity contribution is -0.139. The van der Waals surface area contributed by atoms with Crippen LogP contribution in [0, 0.1) is 18.3 Å². The molecular formula is C21H17N3O3. The Morgan fingerprint density at radius 2 is 1.96 bits per heavy atom. The fraction of sp³-hybridized carbons (Fsp3) is 0.143. The molecule has 0 aliphatic carbocycles. The van der Waals surface area contributed by atoms with Crippen molar-refractivity contribution in [1.82, 2.24) is 9.55 Å². The molecule has 0 aliphatic rings. The number of hydrogen-bond donors (Lipinski definition) is 0. The number of carbonyl (C=O) groups is 1. The minimum Gasteiger partial charge on any atom is -0.454 e. The van der Waals surface area contributed by atoms with Gasteiger partial charge in [-0.25, -0.2) is 9.78 Å². The average Bonchev–Trinajstić information content (AvgIpc) is 2.68. The first-order valence-corrected chi connectivity index (χ1v) is 8.36. The SMILES string of the molecule is Cc1ccccc1/C=C/C(=O)OCc1nc2ccccc2c(=O)n1CC#N. The highest BCUT2D eigenvalue weighted by atomic mass is 16.5. The molecule has 0 radical (unpaired) electrons. The van der Waals surface area contributed by atoms with Crippen molar-refractivity contribution in [3.05, 3.63) is 81.9 Å². The molecule has 0 aliphatic heterocycles. The number of ether oxygens (including phenoxy) is 1. The van der Waals surface area contributed by atoms with Crippen LogP contribution in [-0.2, 0) is 22.7 Å². The van der Waals surface area contributed by atoms with Crippen LogP contribution < -0.4 is 5.56 Å². The van der Waals surface area contributed by atoms with E-state index in [1.807, 2.05) is 37.3 Å². The largest absolute Gasteiger partial charge is 0.454 e. The number of nitriles is 1. The second-order valence-electron chi connectivity index (χ2n) is 5.89. The van der Waals surface area contributed by atoms with E-state index in [0.29, 0.717) is 10.9 Å². The molecule has 0 fully saturated rings. The Bertz CT molecular complexity index is 1120. The highest BCUT2D eigenvalue weighted by Crippen LogP contribution is 2.10. The maximum atomic E-state index is 12.5. The molecule has 2 aromatic carbocycles. The van der Waals surface area contributed by atoms with Crippen molar-refractivity contribution in [2.75, 3.05) is 0 Å². The molecule has 0 unspecified atom stereocenters. The second-order valence-corrected chi connectivity index (χ2v) is 5.89. The molecule has 1 aromatic heterocycles. The fourth-order valence-corrected chi connectivity index (χ4v) is 2.67. The lowest BCUT2D eigenvalue weighted by atomic mass is 10.1. The molecule has 0 bridgehead atoms. The zero-order valence-corrected chi connectivity index (χ0v) is 14.8. The van der Waals surface area contributed by atoms with Gasteiger partial charge in [0.25, 0.3) is 5.56 Å². The summed E-state index contributed by atoms with van der Waals surface area (Å²) in [6.07, 6.45) is 3.00. The maximum Gasteiger partial charge on any atom is 0.331 e. The maximum absolute atomic E-state index is 12.5. The Labute approximate surface area is 156 Å². The summed E-state index contributed by atoms with van der Waals surface area (Å²) in [6, 6.07) is 16.5. The van der Waals surface area contributed by atoms with Crippen molar-refractivity contribution in [3.63, 3.8) is 0 Å². The molecule has 0 N–H and O–H groups in total. The minimum atomic E-state index is -0.552. The number of aryl methyl sites for hydroxylation is 1. The second kappa shape index (κ2) is 8.11. The Morgan fingerprint density at radius 3 is 2.74 bits per heavy atom. The lowest BCUT2D eigenvalue weighted by Crippen LogP contribution is -2.26. The van der Waals surface area contributed by atoms with Crippen LogP contribution in [0.1, 0.15) is 17.0 Å². The van der Waals surface area contributed by atoms with Gasteiger partial charge in [-0.15, -0.1) is 0 Å². The zero-order chi connectivity index (χ0) is 19.2. The van der Waals surface area contributed by atoms with Gasteiger partial charge >= 0.3 is 5.97 Å². The van der Waals surface area contributed by atoms with Crippen molar-refractivity contribution in [2.45, 2.75) is 20.1 Å². The first kappa shape index (κ1) is 18.1. The van der Waals surface area contributed by atoms with Gasteiger partial charge in [-0.05, 0) is 36.3 Å². The normalized spacial score (nSPS) is 10.8. The third-order valence-electron chi connectivity index (χ3n) is 4.10. The Balaban J connectivity index is 1.81. The van der Waals surface area contributed by atoms with Gasteiger partial charge in [0.2, 0.25) is 0 Å². The third kappa shape index (κ3) is 4.10. The van der Waals surface area contributed by atoms with Crippen LogP contribution in [0.2, 0.25) is 0 Å². The predicted molar refractivity (Wildman–Crippen MR) is 102 cm³/mol. The molecule has 134 valence electrons. The van der Waals surface area contributed by atoms with Crippen LogP contribution in [0.25, 0.3) is 17.0 Å². The van der Waals surface area contributed by atoms with E-state index in [9.17, 15) is 9.59 Å². The Morgan fingerprint density at radius 1 is 1.22 bits per heavy atom. The fourth-order valence-electron chi connectivity index (χ4n) is 2.67. The number of nitrogens with zero attached hydrogens (tertiary/aromatic N) is 3. The highest BCUT2D eigenvalue weighted by Gasteiger charge is 2.12.